The van der Waals surface area contributed by atoms with E-state index in [1.807, 2.05) is 36.6 Å². The molecule has 0 fully saturated rings. The predicted octanol–water partition coefficient (Wildman–Crippen LogP) is 8.89. The van der Waals surface area contributed by atoms with Crippen molar-refractivity contribution < 1.29 is 22.0 Å². The molecular formula is C24H17Cl2F5N2S. The first-order valence-electron chi connectivity index (χ1n) is 10.0. The number of anilines is 1. The summed E-state index contributed by atoms with van der Waals surface area (Å²) in [5.41, 5.74) is 1.11. The van der Waals surface area contributed by atoms with Gasteiger partial charge in [-0.15, -0.1) is 11.8 Å². The molecule has 1 unspecified atom stereocenters. The third-order valence-electron chi connectivity index (χ3n) is 5.48. The van der Waals surface area contributed by atoms with E-state index in [2.05, 4.69) is 5.10 Å². The third kappa shape index (κ3) is 4.76. The van der Waals surface area contributed by atoms with Crippen LogP contribution in [0.15, 0.2) is 76.7 Å². The average Bonchev–Trinajstić information content (AvgIpc) is 3.24. The molecular weight excluding hydrogens is 514 g/mol. The number of benzene rings is 3. The zero-order chi connectivity index (χ0) is 24.7. The van der Waals surface area contributed by atoms with Crippen LogP contribution in [0.2, 0.25) is 10.0 Å². The van der Waals surface area contributed by atoms with Crippen molar-refractivity contribution in [2.24, 2.45) is 5.10 Å². The van der Waals surface area contributed by atoms with E-state index >= 15 is 0 Å². The van der Waals surface area contributed by atoms with Crippen molar-refractivity contribution in [2.75, 3.05) is 11.3 Å². The van der Waals surface area contributed by atoms with Crippen molar-refractivity contribution in [3.63, 3.8) is 0 Å². The van der Waals surface area contributed by atoms with Gasteiger partial charge < -0.3 is 0 Å². The maximum Gasteiger partial charge on any atom is 0.459 e. The van der Waals surface area contributed by atoms with Gasteiger partial charge in [0.2, 0.25) is 0 Å². The Morgan fingerprint density at radius 2 is 1.62 bits per heavy atom. The smallest absolute Gasteiger partial charge is 0.256 e. The Hall–Kier alpha value is -2.29. The fourth-order valence-electron chi connectivity index (χ4n) is 3.72. The van der Waals surface area contributed by atoms with Crippen LogP contribution in [0.3, 0.4) is 0 Å². The summed E-state index contributed by atoms with van der Waals surface area (Å²) in [4.78, 5) is 1.08. The standard InChI is InChI=1S/C24H17Cl2F5N2S/c1-34-18-8-5-14(6-9-18)15-3-2-4-16(11-15)21-13-22(23(27,28)24(29,30)31)32-33(21)20-10-7-17(25)12-19(20)26/h2-12,21H,13H2,1H3. The van der Waals surface area contributed by atoms with Crippen LogP contribution in [0.5, 0.6) is 0 Å². The normalized spacial score (nSPS) is 16.6. The highest BCUT2D eigenvalue weighted by Gasteiger charge is 2.62. The minimum absolute atomic E-state index is 0.0848. The molecule has 3 aromatic rings. The van der Waals surface area contributed by atoms with Crippen molar-refractivity contribution in [1.29, 1.82) is 0 Å². The van der Waals surface area contributed by atoms with Crippen molar-refractivity contribution in [3.8, 4) is 11.1 Å². The number of hydrogen-bond acceptors (Lipinski definition) is 3. The second-order valence-electron chi connectivity index (χ2n) is 7.63. The fourth-order valence-corrected chi connectivity index (χ4v) is 4.62. The van der Waals surface area contributed by atoms with Crippen LogP contribution in [0.1, 0.15) is 18.0 Å². The number of halogens is 7. The summed E-state index contributed by atoms with van der Waals surface area (Å²) in [7, 11) is 0. The molecule has 178 valence electrons. The summed E-state index contributed by atoms with van der Waals surface area (Å²) >= 11 is 13.8. The van der Waals surface area contributed by atoms with Gasteiger partial charge in [-0.1, -0.05) is 53.5 Å². The first-order valence-corrected chi connectivity index (χ1v) is 12.0. The summed E-state index contributed by atoms with van der Waals surface area (Å²) in [5, 5.41) is 5.22. The molecule has 0 amide bonds. The van der Waals surface area contributed by atoms with E-state index in [4.69, 9.17) is 23.2 Å². The second kappa shape index (κ2) is 9.40. The van der Waals surface area contributed by atoms with Crippen LogP contribution in [0.25, 0.3) is 11.1 Å². The van der Waals surface area contributed by atoms with Crippen LogP contribution >= 0.6 is 35.0 Å². The summed E-state index contributed by atoms with van der Waals surface area (Å²) < 4.78 is 67.9. The van der Waals surface area contributed by atoms with Gasteiger partial charge >= 0.3 is 12.1 Å². The minimum atomic E-state index is -5.77. The van der Waals surface area contributed by atoms with Gasteiger partial charge in [0.05, 0.1) is 16.8 Å². The van der Waals surface area contributed by atoms with Crippen LogP contribution in [-0.2, 0) is 0 Å². The van der Waals surface area contributed by atoms with Gasteiger partial charge in [-0.25, -0.2) is 0 Å². The van der Waals surface area contributed by atoms with Gasteiger partial charge in [-0.3, -0.25) is 5.01 Å². The minimum Gasteiger partial charge on any atom is -0.256 e. The molecule has 1 atom stereocenters. The van der Waals surface area contributed by atoms with Crippen molar-refractivity contribution in [3.05, 3.63) is 82.3 Å². The number of hydrogen-bond donors (Lipinski definition) is 0. The summed E-state index contributed by atoms with van der Waals surface area (Å²) in [6, 6.07) is 18.1. The molecule has 0 aromatic heterocycles. The van der Waals surface area contributed by atoms with Gasteiger partial charge in [0.15, 0.2) is 0 Å². The molecule has 0 saturated heterocycles. The van der Waals surface area contributed by atoms with E-state index in [-0.39, 0.29) is 10.7 Å². The molecule has 0 bridgehead atoms. The van der Waals surface area contributed by atoms with E-state index in [1.165, 1.54) is 18.2 Å². The molecule has 2 nitrogen and oxygen atoms in total. The first kappa shape index (κ1) is 24.8. The monoisotopic (exact) mass is 530 g/mol. The molecule has 0 N–H and O–H groups in total. The number of alkyl halides is 5. The molecule has 1 aliphatic rings. The lowest BCUT2D eigenvalue weighted by Crippen LogP contribution is -2.43. The number of nitrogens with zero attached hydrogens (tertiary/aromatic N) is 2. The van der Waals surface area contributed by atoms with Crippen LogP contribution < -0.4 is 5.01 Å². The number of thioether (sulfide) groups is 1. The Morgan fingerprint density at radius 1 is 0.912 bits per heavy atom. The number of hydrazone groups is 1. The molecule has 0 aliphatic carbocycles. The number of rotatable bonds is 5. The summed E-state index contributed by atoms with van der Waals surface area (Å²) in [5.74, 6) is -5.08. The molecule has 0 spiro atoms. The Kier molecular flexibility index (Phi) is 6.86. The topological polar surface area (TPSA) is 15.6 Å². The average molecular weight is 531 g/mol. The second-order valence-corrected chi connectivity index (χ2v) is 9.36. The maximum atomic E-state index is 14.3. The van der Waals surface area contributed by atoms with Crippen molar-refractivity contribution in [2.45, 2.75) is 29.5 Å². The largest absolute Gasteiger partial charge is 0.459 e. The summed E-state index contributed by atoms with van der Waals surface area (Å²) in [6.07, 6.45) is -4.43. The highest BCUT2D eigenvalue weighted by molar-refractivity contribution is 7.98. The zero-order valence-electron chi connectivity index (χ0n) is 17.6. The van der Waals surface area contributed by atoms with Gasteiger partial charge in [0.25, 0.3) is 0 Å². The van der Waals surface area contributed by atoms with Crippen LogP contribution in [-0.4, -0.2) is 24.1 Å². The van der Waals surface area contributed by atoms with Crippen LogP contribution in [0, 0.1) is 0 Å². The van der Waals surface area contributed by atoms with E-state index in [9.17, 15) is 22.0 Å². The SMILES string of the molecule is CSc1ccc(-c2cccc(C3CC(C(F)(F)C(F)(F)F)=NN3c3ccc(Cl)cc3Cl)c2)cc1. The predicted molar refractivity (Wildman–Crippen MR) is 128 cm³/mol. The van der Waals surface area contributed by atoms with Crippen LogP contribution in [0.4, 0.5) is 27.6 Å². The van der Waals surface area contributed by atoms with E-state index in [1.54, 1.807) is 30.0 Å². The fraction of sp³-hybridized carbons (Fsp3) is 0.208. The lowest BCUT2D eigenvalue weighted by atomic mass is 9.95. The van der Waals surface area contributed by atoms with Gasteiger partial charge in [0.1, 0.15) is 5.71 Å². The molecule has 3 aromatic carbocycles. The third-order valence-corrected chi connectivity index (χ3v) is 6.76. The maximum absolute atomic E-state index is 14.3. The molecule has 34 heavy (non-hydrogen) atoms. The molecule has 4 rings (SSSR count). The van der Waals surface area contributed by atoms with Gasteiger partial charge in [-0.2, -0.15) is 27.1 Å². The van der Waals surface area contributed by atoms with Crippen molar-refractivity contribution in [1.82, 2.24) is 0 Å². The molecule has 1 heterocycles. The van der Waals surface area contributed by atoms with Gasteiger partial charge in [0, 0.05) is 16.3 Å². The van der Waals surface area contributed by atoms with E-state index in [0.29, 0.717) is 10.6 Å². The lowest BCUT2D eigenvalue weighted by molar-refractivity contribution is -0.249. The zero-order valence-corrected chi connectivity index (χ0v) is 19.9. The summed E-state index contributed by atoms with van der Waals surface area (Å²) in [6.45, 7) is 0. The first-order chi connectivity index (χ1) is 16.0. The Bertz CT molecular complexity index is 1230. The molecule has 0 saturated carbocycles. The molecule has 1 aliphatic heterocycles. The molecule has 0 radical (unpaired) electrons. The van der Waals surface area contributed by atoms with Crippen molar-refractivity contribution >= 4 is 46.4 Å². The highest BCUT2D eigenvalue weighted by atomic mass is 35.5. The highest BCUT2D eigenvalue weighted by Crippen LogP contribution is 2.46. The van der Waals surface area contributed by atoms with Gasteiger partial charge in [-0.05, 0) is 59.3 Å². The quantitative estimate of drug-likeness (QED) is 0.241. The molecule has 10 heteroatoms. The Morgan fingerprint density at radius 3 is 2.24 bits per heavy atom. The lowest BCUT2D eigenvalue weighted by Gasteiger charge is -2.25. The van der Waals surface area contributed by atoms with E-state index in [0.717, 1.165) is 21.0 Å². The Labute approximate surface area is 207 Å². The van der Waals surface area contributed by atoms with E-state index < -0.39 is 30.3 Å². The Balaban J connectivity index is 1.77.